The minimum Gasteiger partial charge on any atom is -0.398 e. The van der Waals surface area contributed by atoms with Crippen LogP contribution in [0.5, 0.6) is 0 Å². The number of hydrogen-bond acceptors (Lipinski definition) is 6. The Labute approximate surface area is 117 Å². The van der Waals surface area contributed by atoms with Gasteiger partial charge in [0.25, 0.3) is 0 Å². The van der Waals surface area contributed by atoms with Crippen molar-refractivity contribution in [3.05, 3.63) is 23.8 Å². The van der Waals surface area contributed by atoms with Crippen LogP contribution in [0.3, 0.4) is 0 Å². The van der Waals surface area contributed by atoms with E-state index < -0.39 is 9.84 Å². The van der Waals surface area contributed by atoms with Crippen molar-refractivity contribution < 1.29 is 8.42 Å². The standard InChI is InChI=1S/C12H17N5O2S/c1-9-4-5-11(13)10(8-9)12-14-15-16-17(12)6-3-7-20(2,18)19/h4-5,8H,3,6-7,13H2,1-2H3. The molecule has 0 saturated heterocycles. The molecular formula is C12H17N5O2S. The number of anilines is 1. The molecule has 0 atom stereocenters. The van der Waals surface area contributed by atoms with Gasteiger partial charge in [0.2, 0.25) is 0 Å². The van der Waals surface area contributed by atoms with Crippen molar-refractivity contribution in [1.29, 1.82) is 0 Å². The third-order valence-corrected chi connectivity index (χ3v) is 3.90. The van der Waals surface area contributed by atoms with Gasteiger partial charge in [0.05, 0.1) is 5.75 Å². The van der Waals surface area contributed by atoms with Crippen LogP contribution >= 0.6 is 0 Å². The van der Waals surface area contributed by atoms with Gasteiger partial charge in [-0.05, 0) is 35.9 Å². The minimum absolute atomic E-state index is 0.107. The van der Waals surface area contributed by atoms with Crippen molar-refractivity contribution in [2.75, 3.05) is 17.7 Å². The van der Waals surface area contributed by atoms with Gasteiger partial charge in [-0.2, -0.15) is 0 Å². The van der Waals surface area contributed by atoms with Crippen LogP contribution in [0.15, 0.2) is 18.2 Å². The number of nitrogens with zero attached hydrogens (tertiary/aromatic N) is 4. The number of hydrogen-bond donors (Lipinski definition) is 1. The summed E-state index contributed by atoms with van der Waals surface area (Å²) < 4.78 is 23.8. The molecule has 7 nitrogen and oxygen atoms in total. The Kier molecular flexibility index (Phi) is 4.03. The van der Waals surface area contributed by atoms with Gasteiger partial charge in [0.1, 0.15) is 9.84 Å². The van der Waals surface area contributed by atoms with Gasteiger partial charge in [0, 0.05) is 24.1 Å². The molecule has 0 bridgehead atoms. The fourth-order valence-corrected chi connectivity index (χ4v) is 2.54. The van der Waals surface area contributed by atoms with Crippen molar-refractivity contribution in [2.24, 2.45) is 0 Å². The lowest BCUT2D eigenvalue weighted by molar-refractivity contribution is 0.567. The number of aromatic nitrogens is 4. The first-order valence-corrected chi connectivity index (χ1v) is 8.23. The number of nitrogen functional groups attached to an aromatic ring is 1. The van der Waals surface area contributed by atoms with E-state index in [0.717, 1.165) is 11.1 Å². The zero-order chi connectivity index (χ0) is 14.8. The van der Waals surface area contributed by atoms with Gasteiger partial charge in [-0.15, -0.1) is 5.10 Å². The van der Waals surface area contributed by atoms with Crippen LogP contribution < -0.4 is 5.73 Å². The molecule has 1 aromatic heterocycles. The minimum atomic E-state index is -2.98. The van der Waals surface area contributed by atoms with Crippen LogP contribution in [0.2, 0.25) is 0 Å². The van der Waals surface area contributed by atoms with E-state index in [-0.39, 0.29) is 5.75 Å². The summed E-state index contributed by atoms with van der Waals surface area (Å²) in [5, 5.41) is 11.5. The molecule has 0 spiro atoms. The second-order valence-electron chi connectivity index (χ2n) is 4.80. The zero-order valence-corrected chi connectivity index (χ0v) is 12.3. The number of aryl methyl sites for hydroxylation is 2. The number of nitrogens with two attached hydrogens (primary N) is 1. The van der Waals surface area contributed by atoms with Crippen LogP contribution in [0.1, 0.15) is 12.0 Å². The van der Waals surface area contributed by atoms with Crippen LogP contribution in [0.25, 0.3) is 11.4 Å². The van der Waals surface area contributed by atoms with E-state index in [4.69, 9.17) is 5.73 Å². The first kappa shape index (κ1) is 14.4. The van der Waals surface area contributed by atoms with Crippen LogP contribution in [-0.4, -0.2) is 40.6 Å². The lowest BCUT2D eigenvalue weighted by Gasteiger charge is -2.07. The Morgan fingerprint density at radius 1 is 1.35 bits per heavy atom. The Morgan fingerprint density at radius 2 is 2.10 bits per heavy atom. The number of sulfone groups is 1. The second kappa shape index (κ2) is 5.58. The molecule has 20 heavy (non-hydrogen) atoms. The predicted octanol–water partition coefficient (Wildman–Crippen LogP) is 0.665. The molecule has 0 radical (unpaired) electrons. The molecule has 1 aromatic carbocycles. The SMILES string of the molecule is Cc1ccc(N)c(-c2nnnn2CCCS(C)(=O)=O)c1. The van der Waals surface area contributed by atoms with Crippen molar-refractivity contribution in [3.63, 3.8) is 0 Å². The largest absolute Gasteiger partial charge is 0.398 e. The van der Waals surface area contributed by atoms with Gasteiger partial charge in [-0.25, -0.2) is 13.1 Å². The summed E-state index contributed by atoms with van der Waals surface area (Å²) in [4.78, 5) is 0. The third kappa shape index (κ3) is 3.53. The molecule has 2 rings (SSSR count). The Bertz CT molecular complexity index is 708. The average molecular weight is 295 g/mol. The van der Waals surface area contributed by atoms with E-state index in [1.807, 2.05) is 19.1 Å². The highest BCUT2D eigenvalue weighted by Crippen LogP contribution is 2.24. The van der Waals surface area contributed by atoms with E-state index in [2.05, 4.69) is 15.5 Å². The Morgan fingerprint density at radius 3 is 2.80 bits per heavy atom. The van der Waals surface area contributed by atoms with E-state index in [0.29, 0.717) is 24.5 Å². The van der Waals surface area contributed by atoms with E-state index >= 15 is 0 Å². The first-order valence-electron chi connectivity index (χ1n) is 6.17. The highest BCUT2D eigenvalue weighted by molar-refractivity contribution is 7.90. The van der Waals surface area contributed by atoms with E-state index in [9.17, 15) is 8.42 Å². The Balaban J connectivity index is 2.22. The smallest absolute Gasteiger partial charge is 0.184 e. The highest BCUT2D eigenvalue weighted by Gasteiger charge is 2.12. The molecule has 0 saturated carbocycles. The Hall–Kier alpha value is -1.96. The molecule has 0 aliphatic heterocycles. The molecule has 0 aliphatic carbocycles. The molecule has 8 heteroatoms. The molecule has 0 unspecified atom stereocenters. The van der Waals surface area contributed by atoms with E-state index in [1.54, 1.807) is 10.7 Å². The maximum atomic E-state index is 11.1. The van der Waals surface area contributed by atoms with Gasteiger partial charge in [-0.3, -0.25) is 0 Å². The summed E-state index contributed by atoms with van der Waals surface area (Å²) in [7, 11) is -2.98. The van der Waals surface area contributed by atoms with Crippen LogP contribution in [0.4, 0.5) is 5.69 Å². The van der Waals surface area contributed by atoms with Gasteiger partial charge in [-0.1, -0.05) is 11.6 Å². The van der Waals surface area contributed by atoms with Gasteiger partial charge >= 0.3 is 0 Å². The van der Waals surface area contributed by atoms with Gasteiger partial charge < -0.3 is 5.73 Å². The monoisotopic (exact) mass is 295 g/mol. The molecule has 0 fully saturated rings. The van der Waals surface area contributed by atoms with Crippen LogP contribution in [0, 0.1) is 6.92 Å². The molecule has 108 valence electrons. The number of benzene rings is 1. The number of tetrazole rings is 1. The summed E-state index contributed by atoms with van der Waals surface area (Å²) in [5.41, 5.74) is 8.35. The van der Waals surface area contributed by atoms with E-state index in [1.165, 1.54) is 6.26 Å². The summed E-state index contributed by atoms with van der Waals surface area (Å²) >= 11 is 0. The fourth-order valence-electron chi connectivity index (χ4n) is 1.89. The highest BCUT2D eigenvalue weighted by atomic mass is 32.2. The fraction of sp³-hybridized carbons (Fsp3) is 0.417. The summed E-state index contributed by atoms with van der Waals surface area (Å²) in [5.74, 6) is 0.662. The summed E-state index contributed by atoms with van der Waals surface area (Å²) in [6, 6.07) is 5.63. The predicted molar refractivity (Wildman–Crippen MR) is 76.7 cm³/mol. The summed E-state index contributed by atoms with van der Waals surface area (Å²) in [6.07, 6.45) is 1.68. The molecule has 2 N–H and O–H groups in total. The third-order valence-electron chi connectivity index (χ3n) is 2.87. The van der Waals surface area contributed by atoms with Crippen molar-refractivity contribution in [2.45, 2.75) is 19.9 Å². The zero-order valence-electron chi connectivity index (χ0n) is 11.4. The molecule has 1 heterocycles. The van der Waals surface area contributed by atoms with Crippen molar-refractivity contribution >= 4 is 15.5 Å². The van der Waals surface area contributed by atoms with Gasteiger partial charge in [0.15, 0.2) is 5.82 Å². The molecule has 0 amide bonds. The lowest BCUT2D eigenvalue weighted by atomic mass is 10.1. The molecular weight excluding hydrogens is 278 g/mol. The normalized spacial score (nSPS) is 11.7. The summed E-state index contributed by atoms with van der Waals surface area (Å²) in [6.45, 7) is 2.39. The maximum absolute atomic E-state index is 11.1. The molecule has 2 aromatic rings. The maximum Gasteiger partial charge on any atom is 0.184 e. The average Bonchev–Trinajstić information content (AvgIpc) is 2.79. The molecule has 0 aliphatic rings. The van der Waals surface area contributed by atoms with Crippen molar-refractivity contribution in [3.8, 4) is 11.4 Å². The second-order valence-corrected chi connectivity index (χ2v) is 7.06. The van der Waals surface area contributed by atoms with Crippen molar-refractivity contribution in [1.82, 2.24) is 20.2 Å². The lowest BCUT2D eigenvalue weighted by Crippen LogP contribution is -2.10. The number of rotatable bonds is 5. The topological polar surface area (TPSA) is 104 Å². The first-order chi connectivity index (χ1) is 9.37. The van der Waals surface area contributed by atoms with Crippen LogP contribution in [-0.2, 0) is 16.4 Å². The quantitative estimate of drug-likeness (QED) is 0.813.